The number of carbonyl (C=O) groups excluding carboxylic acids is 4. The Kier molecular flexibility index (Phi) is 16.5. The smallest absolute Gasteiger partial charge is 0.405 e. The summed E-state index contributed by atoms with van der Waals surface area (Å²) in [5, 5.41) is 4.69. The van der Waals surface area contributed by atoms with E-state index in [0.717, 1.165) is 69.1 Å². The van der Waals surface area contributed by atoms with E-state index in [1.54, 1.807) is 11.1 Å². The van der Waals surface area contributed by atoms with Gasteiger partial charge < -0.3 is 35.1 Å². The van der Waals surface area contributed by atoms with Crippen LogP contribution >= 0.6 is 0 Å². The van der Waals surface area contributed by atoms with Crippen LogP contribution in [0, 0.1) is 17.8 Å². The molecule has 4 amide bonds. The number of nitrogens with one attached hydrogen (secondary N) is 2. The number of pyridine rings is 1. The highest BCUT2D eigenvalue weighted by Gasteiger charge is 2.64. The van der Waals surface area contributed by atoms with E-state index in [0.29, 0.717) is 31.9 Å². The van der Waals surface area contributed by atoms with Crippen LogP contribution < -0.4 is 25.4 Å². The molecule has 1 aromatic carbocycles. The first kappa shape index (κ1) is 51.3. The average molecular weight is 943 g/mol. The first-order chi connectivity index (χ1) is 30.7. The van der Waals surface area contributed by atoms with E-state index in [2.05, 4.69) is 39.3 Å². The largest absolute Gasteiger partial charge is 0.472 e. The van der Waals surface area contributed by atoms with Crippen LogP contribution in [0.3, 0.4) is 0 Å². The summed E-state index contributed by atoms with van der Waals surface area (Å²) in [6.45, 7) is 12.9. The summed E-state index contributed by atoms with van der Waals surface area (Å²) < 4.78 is 81.8. The average Bonchev–Trinajstić information content (AvgIpc) is 4.17. The number of aromatic nitrogens is 1. The molecule has 1 aromatic heterocycles. The summed E-state index contributed by atoms with van der Waals surface area (Å²) in [5.41, 5.74) is 2.18. The number of primary amides is 1. The molecule has 2 saturated heterocycles. The van der Waals surface area contributed by atoms with Crippen LogP contribution in [0.25, 0.3) is 10.8 Å². The molecule has 2 aromatic rings. The van der Waals surface area contributed by atoms with Crippen LogP contribution in [0.5, 0.6) is 5.88 Å². The normalized spacial score (nSPS) is 27.4. The van der Waals surface area contributed by atoms with E-state index in [4.69, 9.17) is 14.5 Å². The van der Waals surface area contributed by atoms with Crippen molar-refractivity contribution in [2.75, 3.05) is 44.4 Å². The first-order valence-electron chi connectivity index (χ1n) is 22.8. The molecule has 65 heavy (non-hydrogen) atoms. The van der Waals surface area contributed by atoms with E-state index in [-0.39, 0.29) is 54.8 Å². The summed E-state index contributed by atoms with van der Waals surface area (Å²) >= 11 is 0. The minimum atomic E-state index is -4.31. The van der Waals surface area contributed by atoms with Crippen molar-refractivity contribution in [1.29, 1.82) is 0 Å². The molecule has 3 aliphatic heterocycles. The number of nitrogens with zero attached hydrogens (tertiary/aromatic N) is 3. The predicted molar refractivity (Wildman–Crippen MR) is 247 cm³/mol. The molecule has 4 heterocycles. The van der Waals surface area contributed by atoms with Crippen molar-refractivity contribution in [3.05, 3.63) is 42.6 Å². The Labute approximate surface area is 385 Å². The highest BCUT2D eigenvalue weighted by Crippen LogP contribution is 2.48. The number of ether oxygens (including phenoxy) is 3. The van der Waals surface area contributed by atoms with E-state index in [9.17, 15) is 40.8 Å². The van der Waals surface area contributed by atoms with E-state index >= 15 is 0 Å². The van der Waals surface area contributed by atoms with Gasteiger partial charge in [0.15, 0.2) is 5.60 Å². The van der Waals surface area contributed by atoms with Crippen LogP contribution in [-0.4, -0.2) is 116 Å². The number of nitrogens with two attached hydrogens (primary N) is 1. The number of allylic oxidation sites excluding steroid dienone is 1. The molecule has 15 nitrogen and oxygen atoms in total. The van der Waals surface area contributed by atoms with Gasteiger partial charge in [-0.05, 0) is 70.3 Å². The Bertz CT molecular complexity index is 2180. The molecule has 7 rings (SSSR count). The topological polar surface area (TPSA) is 200 Å². The third-order valence-corrected chi connectivity index (χ3v) is 15.4. The fraction of sp³-hybridized carbons (Fsp3) is 0.674. The van der Waals surface area contributed by atoms with Crippen molar-refractivity contribution in [2.24, 2.45) is 23.5 Å². The van der Waals surface area contributed by atoms with E-state index in [1.165, 1.54) is 0 Å². The maximum Gasteiger partial charge on any atom is 0.405 e. The molecule has 19 heteroatoms. The molecule has 5 aliphatic rings. The Morgan fingerprint density at radius 2 is 1.75 bits per heavy atom. The lowest BCUT2D eigenvalue weighted by molar-refractivity contribution is -0.148. The Hall–Kier alpha value is -4.65. The lowest BCUT2D eigenvalue weighted by atomic mass is 9.88. The first-order valence-corrected chi connectivity index (χ1v) is 24.3. The number of fused-ring (bicyclic) bond motifs is 3. The van der Waals surface area contributed by atoms with Crippen LogP contribution in [-0.2, 0) is 33.9 Å². The van der Waals surface area contributed by atoms with Gasteiger partial charge in [0.2, 0.25) is 27.7 Å². The number of sulfonamides is 1. The molecule has 4 fully saturated rings. The zero-order valence-electron chi connectivity index (χ0n) is 38.7. The zero-order chi connectivity index (χ0) is 48.0. The van der Waals surface area contributed by atoms with Crippen molar-refractivity contribution in [2.45, 2.75) is 140 Å². The summed E-state index contributed by atoms with van der Waals surface area (Å²) in [7, 11) is -4.31. The third-order valence-electron chi connectivity index (χ3n) is 13.3. The number of hydrogen-bond donors (Lipinski definition) is 3. The number of alkyl halides is 3. The molecule has 2 saturated carbocycles. The van der Waals surface area contributed by atoms with Crippen LogP contribution in [0.4, 0.5) is 23.7 Å². The fourth-order valence-electron chi connectivity index (χ4n) is 8.51. The number of morpholine rings is 1. The standard InChI is InChI=1S/C38H50FN5O7S.C6H11F2NO2.C2H6.3H2/c1-3-26-18-25(2)8-4-5-9-27-21-38(27,36(47)42-52(48,49)37(24-39)12-13-37)41-34(46)31-20-28(23-44(31)33(45)19-26)51-35-30-11-7-6-10-29(30)32(22-40-35)43-14-16-50-17-15-43;1-5(2,6(3,7)8)11-4(9)10;1-2;;;/h5-7,9-11,22,25-28,31H,3-4,8,12-21,23-24H2,1-2H3,(H,41,46)(H,42,47);1-3H3,(H2,9,10);1-2H3;3*1H/b9-5-;;;;;/t25-,26-,27-,28-,31+,38-;;;;;/m1...../s1. The van der Waals surface area contributed by atoms with Crippen LogP contribution in [0.1, 0.15) is 111 Å². The monoisotopic (exact) mass is 943 g/mol. The minimum absolute atomic E-state index is 0. The molecular formula is C46H73F3N6O9S. The predicted octanol–water partition coefficient (Wildman–Crippen LogP) is 7.31. The summed E-state index contributed by atoms with van der Waals surface area (Å²) in [6, 6.07) is 6.91. The maximum atomic E-state index is 14.3. The van der Waals surface area contributed by atoms with E-state index in [1.807, 2.05) is 50.3 Å². The van der Waals surface area contributed by atoms with Gasteiger partial charge >= 0.3 is 6.09 Å². The van der Waals surface area contributed by atoms with Crippen molar-refractivity contribution in [3.8, 4) is 5.88 Å². The second-order valence-electron chi connectivity index (χ2n) is 18.3. The quantitative estimate of drug-likeness (QED) is 0.202. The van der Waals surface area contributed by atoms with Gasteiger partial charge in [-0.15, -0.1) is 0 Å². The zero-order valence-corrected chi connectivity index (χ0v) is 39.5. The van der Waals surface area contributed by atoms with Gasteiger partial charge in [-0.2, -0.15) is 0 Å². The number of benzene rings is 1. The van der Waals surface area contributed by atoms with Crippen LogP contribution in [0.2, 0.25) is 0 Å². The lowest BCUT2D eigenvalue weighted by Crippen LogP contribution is -2.57. The van der Waals surface area contributed by atoms with Gasteiger partial charge in [0.25, 0.3) is 11.8 Å². The molecule has 6 atom stereocenters. The Morgan fingerprint density at radius 1 is 1.09 bits per heavy atom. The van der Waals surface area contributed by atoms with Crippen molar-refractivity contribution in [1.82, 2.24) is 19.9 Å². The molecule has 4 N–H and O–H groups in total. The molecule has 0 unspecified atom stereocenters. The van der Waals surface area contributed by atoms with Crippen molar-refractivity contribution >= 4 is 50.3 Å². The summed E-state index contributed by atoms with van der Waals surface area (Å²) in [4.78, 5) is 60.8. The number of rotatable bonds is 10. The Morgan fingerprint density at radius 3 is 2.34 bits per heavy atom. The highest BCUT2D eigenvalue weighted by atomic mass is 32.2. The van der Waals surface area contributed by atoms with Gasteiger partial charge in [0, 0.05) is 53.8 Å². The van der Waals surface area contributed by atoms with Gasteiger partial charge in [-0.1, -0.05) is 64.5 Å². The SMILES string of the molecule is CC.CC(F)(F)C(C)(C)OC(N)=O.CC[C@H]1CC(=O)N2C[C@H](Oc3ncc(N4CCOCC4)c4ccccc34)C[C@H]2C(=O)N[C@]2(C(=O)NS(=O)(=O)C3(CF)CC3)C[C@H]2/C=C\CC[C@@H](C)C1.[HH].[HH].[HH]. The minimum Gasteiger partial charge on any atom is -0.472 e. The highest BCUT2D eigenvalue weighted by molar-refractivity contribution is 7.91. The number of hydrogen-bond acceptors (Lipinski definition) is 11. The lowest BCUT2D eigenvalue weighted by Gasteiger charge is -2.30. The van der Waals surface area contributed by atoms with Crippen LogP contribution in [0.15, 0.2) is 42.6 Å². The number of anilines is 1. The van der Waals surface area contributed by atoms with Gasteiger partial charge in [0.1, 0.15) is 29.1 Å². The maximum absolute atomic E-state index is 14.3. The molecule has 0 spiro atoms. The van der Waals surface area contributed by atoms with Gasteiger partial charge in [-0.25, -0.2) is 31.4 Å². The van der Waals surface area contributed by atoms with Gasteiger partial charge in [0.05, 0.1) is 31.6 Å². The number of amides is 4. The molecule has 0 radical (unpaired) electrons. The molecule has 0 bridgehead atoms. The second-order valence-corrected chi connectivity index (χ2v) is 20.4. The summed E-state index contributed by atoms with van der Waals surface area (Å²) in [5.74, 6) is -4.24. The number of halogens is 3. The van der Waals surface area contributed by atoms with E-state index < -0.39 is 74.5 Å². The van der Waals surface area contributed by atoms with Crippen molar-refractivity contribution < 1.29 is 59.3 Å². The molecule has 2 aliphatic carbocycles. The Balaban J connectivity index is 0.000000878. The fourth-order valence-corrected chi connectivity index (χ4v) is 9.94. The molecule has 368 valence electrons. The summed E-state index contributed by atoms with van der Waals surface area (Å²) in [6.07, 6.45) is 8.12. The van der Waals surface area contributed by atoms with Gasteiger partial charge in [-0.3, -0.25) is 19.1 Å². The molecular weight excluding hydrogens is 870 g/mol. The third kappa shape index (κ3) is 11.8. The number of carbonyl (C=O) groups is 4. The second kappa shape index (κ2) is 20.9. The van der Waals surface area contributed by atoms with Crippen molar-refractivity contribution in [3.63, 3.8) is 0 Å².